The average Bonchev–Trinajstić information content (AvgIpc) is 2.34. The van der Waals surface area contributed by atoms with Crippen LogP contribution in [0.2, 0.25) is 0 Å². The van der Waals surface area contributed by atoms with Gasteiger partial charge in [-0.05, 0) is 25.0 Å². The second-order valence-corrected chi connectivity index (χ2v) is 4.25. The highest BCUT2D eigenvalue weighted by atomic mass is 16.5. The Morgan fingerprint density at radius 1 is 1.41 bits per heavy atom. The number of methoxy groups -OCH3 is 1. The number of hydrogen-bond donors (Lipinski definition) is 1. The molecule has 0 fully saturated rings. The summed E-state index contributed by atoms with van der Waals surface area (Å²) in [5.41, 5.74) is 1.29. The molecule has 4 nitrogen and oxygen atoms in total. The van der Waals surface area contributed by atoms with Gasteiger partial charge in [0.15, 0.2) is 0 Å². The fraction of sp³-hybridized carbons (Fsp3) is 0.462. The van der Waals surface area contributed by atoms with Crippen molar-refractivity contribution in [3.05, 3.63) is 23.8 Å². The largest absolute Gasteiger partial charge is 0.497 e. The molecule has 4 heteroatoms. The first-order valence-electron chi connectivity index (χ1n) is 5.58. The van der Waals surface area contributed by atoms with Crippen molar-refractivity contribution in [2.75, 3.05) is 13.7 Å². The van der Waals surface area contributed by atoms with Crippen molar-refractivity contribution < 1.29 is 14.7 Å². The molecule has 0 heterocycles. The Bertz CT molecular complexity index is 400. The molecule has 17 heavy (non-hydrogen) atoms. The van der Waals surface area contributed by atoms with Gasteiger partial charge in [0.05, 0.1) is 19.4 Å². The van der Waals surface area contributed by atoms with E-state index in [-0.39, 0.29) is 0 Å². The molecule has 0 atom stereocenters. The maximum Gasteiger partial charge on any atom is 0.132 e. The number of hydrogen-bond acceptors (Lipinski definition) is 4. The van der Waals surface area contributed by atoms with Gasteiger partial charge in [0.2, 0.25) is 0 Å². The van der Waals surface area contributed by atoms with E-state index in [1.807, 2.05) is 12.1 Å². The molecule has 1 aromatic rings. The van der Waals surface area contributed by atoms with E-state index < -0.39 is 0 Å². The van der Waals surface area contributed by atoms with E-state index in [4.69, 9.17) is 14.7 Å². The predicted octanol–water partition coefficient (Wildman–Crippen LogP) is 2.93. The summed E-state index contributed by atoms with van der Waals surface area (Å²) in [6, 6.07) is 5.43. The molecule has 1 N–H and O–H groups in total. The molecule has 0 unspecified atom stereocenters. The third kappa shape index (κ3) is 3.66. The highest BCUT2D eigenvalue weighted by Crippen LogP contribution is 2.26. The third-order valence-corrected chi connectivity index (χ3v) is 2.30. The van der Waals surface area contributed by atoms with Crippen LogP contribution in [0.5, 0.6) is 11.5 Å². The summed E-state index contributed by atoms with van der Waals surface area (Å²) in [6.07, 6.45) is 0. The summed E-state index contributed by atoms with van der Waals surface area (Å²) in [6.45, 7) is 6.49. The predicted molar refractivity (Wildman–Crippen MR) is 67.3 cm³/mol. The van der Waals surface area contributed by atoms with Crippen LogP contribution in [-0.2, 0) is 0 Å². The van der Waals surface area contributed by atoms with Gasteiger partial charge in [0, 0.05) is 11.6 Å². The highest BCUT2D eigenvalue weighted by Gasteiger charge is 2.09. The van der Waals surface area contributed by atoms with E-state index in [1.54, 1.807) is 20.1 Å². The van der Waals surface area contributed by atoms with E-state index in [1.165, 1.54) is 0 Å². The molecule has 0 aromatic heterocycles. The van der Waals surface area contributed by atoms with Crippen LogP contribution in [0.25, 0.3) is 0 Å². The van der Waals surface area contributed by atoms with Gasteiger partial charge in [-0.15, -0.1) is 0 Å². The molecule has 1 aromatic carbocycles. The number of nitrogens with zero attached hydrogens (tertiary/aromatic N) is 1. The Kier molecular flexibility index (Phi) is 4.82. The zero-order valence-electron chi connectivity index (χ0n) is 10.7. The zero-order chi connectivity index (χ0) is 12.8. The first-order valence-corrected chi connectivity index (χ1v) is 5.58. The van der Waals surface area contributed by atoms with Crippen LogP contribution < -0.4 is 9.47 Å². The molecule has 0 bridgehead atoms. The fourth-order valence-corrected chi connectivity index (χ4v) is 1.36. The van der Waals surface area contributed by atoms with Crippen LogP contribution in [-0.4, -0.2) is 24.6 Å². The Morgan fingerprint density at radius 2 is 2.12 bits per heavy atom. The van der Waals surface area contributed by atoms with Crippen LogP contribution in [0, 0.1) is 5.92 Å². The third-order valence-electron chi connectivity index (χ3n) is 2.30. The number of ether oxygens (including phenoxy) is 2. The van der Waals surface area contributed by atoms with Gasteiger partial charge in [-0.3, -0.25) is 0 Å². The van der Waals surface area contributed by atoms with Crippen molar-refractivity contribution >= 4 is 5.71 Å². The quantitative estimate of drug-likeness (QED) is 0.486. The SMILES string of the molecule is COc1ccc(/C(C)=N/O)c(OCC(C)C)c1. The molecule has 0 saturated carbocycles. The van der Waals surface area contributed by atoms with E-state index in [2.05, 4.69) is 19.0 Å². The molecule has 0 amide bonds. The topological polar surface area (TPSA) is 51.0 Å². The lowest BCUT2D eigenvalue weighted by molar-refractivity contribution is 0.268. The Hall–Kier alpha value is -1.71. The monoisotopic (exact) mass is 237 g/mol. The van der Waals surface area contributed by atoms with Gasteiger partial charge in [0.25, 0.3) is 0 Å². The molecule has 0 aliphatic carbocycles. The minimum Gasteiger partial charge on any atom is -0.497 e. The van der Waals surface area contributed by atoms with Crippen LogP contribution in [0.1, 0.15) is 26.3 Å². The van der Waals surface area contributed by atoms with Crippen molar-refractivity contribution in [1.82, 2.24) is 0 Å². The van der Waals surface area contributed by atoms with E-state index in [0.717, 1.165) is 11.3 Å². The van der Waals surface area contributed by atoms with Crippen molar-refractivity contribution in [3.8, 4) is 11.5 Å². The van der Waals surface area contributed by atoms with E-state index in [9.17, 15) is 0 Å². The van der Waals surface area contributed by atoms with Gasteiger partial charge in [-0.1, -0.05) is 19.0 Å². The molecule has 1 rings (SSSR count). The van der Waals surface area contributed by atoms with E-state index >= 15 is 0 Å². The van der Waals surface area contributed by atoms with Crippen LogP contribution in [0.15, 0.2) is 23.4 Å². The van der Waals surface area contributed by atoms with Crippen molar-refractivity contribution in [3.63, 3.8) is 0 Å². The van der Waals surface area contributed by atoms with Gasteiger partial charge in [-0.25, -0.2) is 0 Å². The van der Waals surface area contributed by atoms with Gasteiger partial charge in [0.1, 0.15) is 11.5 Å². The molecule has 0 aliphatic rings. The van der Waals surface area contributed by atoms with Crippen molar-refractivity contribution in [2.45, 2.75) is 20.8 Å². The Balaban J connectivity index is 3.03. The summed E-state index contributed by atoms with van der Waals surface area (Å²) in [5, 5.41) is 12.0. The zero-order valence-corrected chi connectivity index (χ0v) is 10.7. The van der Waals surface area contributed by atoms with Gasteiger partial charge in [-0.2, -0.15) is 0 Å². The summed E-state index contributed by atoms with van der Waals surface area (Å²) < 4.78 is 10.8. The Labute approximate surface area is 102 Å². The number of rotatable bonds is 5. The first kappa shape index (κ1) is 13.4. The maximum absolute atomic E-state index is 8.82. The second kappa shape index (κ2) is 6.13. The smallest absolute Gasteiger partial charge is 0.132 e. The fourth-order valence-electron chi connectivity index (χ4n) is 1.36. The van der Waals surface area contributed by atoms with Crippen molar-refractivity contribution in [2.24, 2.45) is 11.1 Å². The minimum absolute atomic E-state index is 0.431. The summed E-state index contributed by atoms with van der Waals surface area (Å²) in [4.78, 5) is 0. The van der Waals surface area contributed by atoms with Crippen LogP contribution >= 0.6 is 0 Å². The first-order chi connectivity index (χ1) is 8.08. The van der Waals surface area contributed by atoms with E-state index in [0.29, 0.717) is 24.0 Å². The second-order valence-electron chi connectivity index (χ2n) is 4.25. The van der Waals surface area contributed by atoms with Crippen LogP contribution in [0.3, 0.4) is 0 Å². The highest BCUT2D eigenvalue weighted by molar-refractivity contribution is 6.00. The molecule has 0 saturated heterocycles. The van der Waals surface area contributed by atoms with Gasteiger partial charge < -0.3 is 14.7 Å². The van der Waals surface area contributed by atoms with Gasteiger partial charge >= 0.3 is 0 Å². The van der Waals surface area contributed by atoms with Crippen molar-refractivity contribution in [1.29, 1.82) is 0 Å². The standard InChI is InChI=1S/C13H19NO3/c1-9(2)8-17-13-7-11(16-4)5-6-12(13)10(3)14-15/h5-7,9,15H,8H2,1-4H3/b14-10+. The normalized spacial score (nSPS) is 11.7. The Morgan fingerprint density at radius 3 is 2.65 bits per heavy atom. The minimum atomic E-state index is 0.431. The number of oxime groups is 1. The lowest BCUT2D eigenvalue weighted by atomic mass is 10.1. The summed E-state index contributed by atoms with van der Waals surface area (Å²) >= 11 is 0. The summed E-state index contributed by atoms with van der Waals surface area (Å²) in [7, 11) is 1.61. The molecular formula is C13H19NO3. The average molecular weight is 237 g/mol. The maximum atomic E-state index is 8.82. The summed E-state index contributed by atoms with van der Waals surface area (Å²) in [5.74, 6) is 1.83. The molecule has 0 aliphatic heterocycles. The lowest BCUT2D eigenvalue weighted by Gasteiger charge is -2.13. The molecule has 94 valence electrons. The lowest BCUT2D eigenvalue weighted by Crippen LogP contribution is -2.08. The molecule has 0 spiro atoms. The molecule has 0 radical (unpaired) electrons. The van der Waals surface area contributed by atoms with Crippen LogP contribution in [0.4, 0.5) is 0 Å². The number of benzene rings is 1. The molecular weight excluding hydrogens is 218 g/mol.